The van der Waals surface area contributed by atoms with E-state index >= 15 is 0 Å². The van der Waals surface area contributed by atoms with Gasteiger partial charge in [-0.25, -0.2) is 4.39 Å². The molecule has 1 saturated heterocycles. The molecule has 1 atom stereocenters. The highest BCUT2D eigenvalue weighted by molar-refractivity contribution is 6.53. The summed E-state index contributed by atoms with van der Waals surface area (Å²) in [4.78, 5) is 47.7. The average Bonchev–Trinajstić information content (AvgIpc) is 2.53. The van der Waals surface area contributed by atoms with Crippen molar-refractivity contribution < 1.29 is 23.6 Å². The van der Waals surface area contributed by atoms with Crippen LogP contribution in [-0.2, 0) is 14.4 Å². The van der Waals surface area contributed by atoms with E-state index in [9.17, 15) is 23.6 Å². The minimum absolute atomic E-state index is 0.0116. The topological polar surface area (TPSA) is 83.6 Å². The molecule has 1 N–H and O–H groups in total. The van der Waals surface area contributed by atoms with E-state index < -0.39 is 29.6 Å². The lowest BCUT2D eigenvalue weighted by molar-refractivity contribution is -0.139. The molecule has 1 aromatic carbocycles. The summed E-state index contributed by atoms with van der Waals surface area (Å²) in [5, 5.41) is 2.09. The molecule has 0 aliphatic carbocycles. The predicted octanol–water partition coefficient (Wildman–Crippen LogP) is 0.306. The summed E-state index contributed by atoms with van der Waals surface area (Å²) < 4.78 is 14.1. The second-order valence-electron chi connectivity index (χ2n) is 5.59. The van der Waals surface area contributed by atoms with Crippen molar-refractivity contribution in [3.05, 3.63) is 29.1 Å². The fourth-order valence-electron chi connectivity index (χ4n) is 2.66. The summed E-state index contributed by atoms with van der Waals surface area (Å²) in [6.07, 6.45) is 0.969. The van der Waals surface area contributed by atoms with Gasteiger partial charge in [-0.3, -0.25) is 29.4 Å². The van der Waals surface area contributed by atoms with E-state index in [0.29, 0.717) is 22.2 Å². The van der Waals surface area contributed by atoms with Gasteiger partial charge in [0.1, 0.15) is 11.9 Å². The van der Waals surface area contributed by atoms with Crippen LogP contribution < -0.4 is 10.8 Å². The maximum absolute atomic E-state index is 14.1. The predicted molar refractivity (Wildman–Crippen MR) is 85.4 cm³/mol. The van der Waals surface area contributed by atoms with E-state index in [4.69, 9.17) is 0 Å². The van der Waals surface area contributed by atoms with Crippen molar-refractivity contribution >= 4 is 36.9 Å². The van der Waals surface area contributed by atoms with Crippen LogP contribution in [0.2, 0.25) is 6.32 Å². The Morgan fingerprint density at radius 1 is 1.46 bits per heavy atom. The Hall–Kier alpha value is -2.51. The average molecular weight is 331 g/mol. The van der Waals surface area contributed by atoms with E-state index in [1.165, 1.54) is 6.07 Å². The highest BCUT2D eigenvalue weighted by Crippen LogP contribution is 2.17. The van der Waals surface area contributed by atoms with E-state index in [-0.39, 0.29) is 24.8 Å². The zero-order valence-corrected chi connectivity index (χ0v) is 13.5. The first-order valence-electron chi connectivity index (χ1n) is 7.64. The summed E-state index contributed by atoms with van der Waals surface area (Å²) >= 11 is 0. The standard InChI is InChI=1S/C16H17BFN2O4/c1-3-17-11-6-9(2)10(7-12(11)18)16(24)20(8-21)13-4-5-14(22)19-15(13)23/h6-8,13H,3-5H2,1-2H3,(H,19,22,23). The van der Waals surface area contributed by atoms with Crippen LogP contribution in [0.15, 0.2) is 12.1 Å². The summed E-state index contributed by atoms with van der Waals surface area (Å²) in [6.45, 7) is 3.50. The van der Waals surface area contributed by atoms with E-state index in [2.05, 4.69) is 5.32 Å². The van der Waals surface area contributed by atoms with Crippen LogP contribution in [0.1, 0.15) is 35.7 Å². The molecule has 0 saturated carbocycles. The highest BCUT2D eigenvalue weighted by Gasteiger charge is 2.35. The number of rotatable bonds is 5. The van der Waals surface area contributed by atoms with Crippen LogP contribution in [0.5, 0.6) is 0 Å². The van der Waals surface area contributed by atoms with Crippen molar-refractivity contribution in [1.82, 2.24) is 10.2 Å². The Labute approximate surface area is 139 Å². The van der Waals surface area contributed by atoms with Gasteiger partial charge in [-0.15, -0.1) is 0 Å². The summed E-state index contributed by atoms with van der Waals surface area (Å²) in [5.41, 5.74) is 0.892. The molecular weight excluding hydrogens is 314 g/mol. The molecule has 1 aliphatic rings. The molecule has 1 radical (unpaired) electrons. The number of benzene rings is 1. The normalized spacial score (nSPS) is 17.2. The molecule has 8 heteroatoms. The quantitative estimate of drug-likeness (QED) is 0.478. The van der Waals surface area contributed by atoms with Gasteiger partial charge in [0, 0.05) is 12.0 Å². The van der Waals surface area contributed by atoms with Crippen molar-refractivity contribution in [2.24, 2.45) is 0 Å². The zero-order valence-electron chi connectivity index (χ0n) is 13.5. The van der Waals surface area contributed by atoms with Crippen molar-refractivity contribution in [3.8, 4) is 0 Å². The largest absolute Gasteiger partial charge is 0.295 e. The van der Waals surface area contributed by atoms with Gasteiger partial charge in [0.2, 0.25) is 18.2 Å². The van der Waals surface area contributed by atoms with E-state index in [0.717, 1.165) is 6.07 Å². The fourth-order valence-corrected chi connectivity index (χ4v) is 2.66. The minimum atomic E-state index is -1.07. The van der Waals surface area contributed by atoms with Gasteiger partial charge in [0.05, 0.1) is 0 Å². The molecule has 0 spiro atoms. The monoisotopic (exact) mass is 331 g/mol. The van der Waals surface area contributed by atoms with Gasteiger partial charge in [-0.1, -0.05) is 24.8 Å². The Morgan fingerprint density at radius 2 is 2.17 bits per heavy atom. The van der Waals surface area contributed by atoms with Crippen LogP contribution >= 0.6 is 0 Å². The van der Waals surface area contributed by atoms with Crippen LogP contribution in [0.3, 0.4) is 0 Å². The van der Waals surface area contributed by atoms with E-state index in [1.807, 2.05) is 6.92 Å². The number of carbonyl (C=O) groups excluding carboxylic acids is 4. The van der Waals surface area contributed by atoms with Gasteiger partial charge >= 0.3 is 0 Å². The molecule has 1 fully saturated rings. The molecule has 2 rings (SSSR count). The zero-order chi connectivity index (χ0) is 17.9. The Kier molecular flexibility index (Phi) is 5.48. The number of imide groups is 2. The molecule has 0 bridgehead atoms. The number of nitrogens with one attached hydrogen (secondary N) is 1. The summed E-state index contributed by atoms with van der Waals surface area (Å²) in [6, 6.07) is 1.53. The Morgan fingerprint density at radius 3 is 2.75 bits per heavy atom. The summed E-state index contributed by atoms with van der Waals surface area (Å²) in [7, 11) is 1.69. The second-order valence-corrected chi connectivity index (χ2v) is 5.59. The first kappa shape index (κ1) is 17.8. The first-order chi connectivity index (χ1) is 11.4. The number of hydrogen-bond acceptors (Lipinski definition) is 4. The van der Waals surface area contributed by atoms with Crippen molar-refractivity contribution in [1.29, 1.82) is 0 Å². The number of amides is 4. The molecule has 0 aromatic heterocycles. The highest BCUT2D eigenvalue weighted by atomic mass is 19.1. The van der Waals surface area contributed by atoms with Crippen LogP contribution in [0.4, 0.5) is 4.39 Å². The molecule has 125 valence electrons. The van der Waals surface area contributed by atoms with Crippen LogP contribution in [-0.4, -0.2) is 42.4 Å². The molecule has 1 heterocycles. The number of carbonyl (C=O) groups is 4. The minimum Gasteiger partial charge on any atom is -0.295 e. The van der Waals surface area contributed by atoms with Gasteiger partial charge in [0.15, 0.2) is 7.28 Å². The molecule has 6 nitrogen and oxygen atoms in total. The number of hydrogen-bond donors (Lipinski definition) is 1. The van der Waals surface area contributed by atoms with Crippen molar-refractivity contribution in [2.45, 2.75) is 39.1 Å². The van der Waals surface area contributed by atoms with Crippen molar-refractivity contribution in [3.63, 3.8) is 0 Å². The van der Waals surface area contributed by atoms with Crippen molar-refractivity contribution in [2.75, 3.05) is 0 Å². The lowest BCUT2D eigenvalue weighted by atomic mass is 9.67. The number of halogens is 1. The van der Waals surface area contributed by atoms with E-state index in [1.54, 1.807) is 14.2 Å². The maximum atomic E-state index is 14.1. The maximum Gasteiger partial charge on any atom is 0.261 e. The Bertz CT molecular complexity index is 708. The Balaban J connectivity index is 2.32. The fraction of sp³-hybridized carbons (Fsp3) is 0.375. The first-order valence-corrected chi connectivity index (χ1v) is 7.64. The lowest BCUT2D eigenvalue weighted by Gasteiger charge is -2.28. The van der Waals surface area contributed by atoms with Crippen LogP contribution in [0, 0.1) is 12.7 Å². The third kappa shape index (κ3) is 3.52. The van der Waals surface area contributed by atoms with Crippen LogP contribution in [0.25, 0.3) is 0 Å². The number of piperidine rings is 1. The van der Waals surface area contributed by atoms with Gasteiger partial charge in [-0.2, -0.15) is 0 Å². The number of nitrogens with zero attached hydrogens (tertiary/aromatic N) is 1. The molecule has 1 unspecified atom stereocenters. The molecule has 1 aliphatic heterocycles. The van der Waals surface area contributed by atoms with Gasteiger partial charge in [-0.05, 0) is 25.0 Å². The molecule has 4 amide bonds. The third-order valence-corrected chi connectivity index (χ3v) is 3.89. The molecule has 24 heavy (non-hydrogen) atoms. The van der Waals surface area contributed by atoms with Gasteiger partial charge in [0.25, 0.3) is 5.91 Å². The van der Waals surface area contributed by atoms with Gasteiger partial charge < -0.3 is 0 Å². The smallest absolute Gasteiger partial charge is 0.261 e. The lowest BCUT2D eigenvalue weighted by Crippen LogP contribution is -2.54. The molecular formula is C16H17BFN2O4. The molecule has 1 aromatic rings. The SMILES string of the molecule is CC[B]c1cc(C)c(C(=O)N(C=O)C2CCC(=O)NC2=O)cc1F. The second kappa shape index (κ2) is 7.38. The number of aryl methyl sites for hydroxylation is 1. The summed E-state index contributed by atoms with van der Waals surface area (Å²) in [5.74, 6) is -2.49. The third-order valence-electron chi connectivity index (χ3n) is 3.89.